The van der Waals surface area contributed by atoms with Gasteiger partial charge in [0, 0.05) is 0 Å². The number of carbonyl (C=O) groups is 2. The summed E-state index contributed by atoms with van der Waals surface area (Å²) in [5.74, 6) is -2.87. The largest absolute Gasteiger partial charge is 3.00 e. The summed E-state index contributed by atoms with van der Waals surface area (Å²) in [5, 5.41) is 34.6. The van der Waals surface area contributed by atoms with Gasteiger partial charge in [0.2, 0.25) is 0 Å². The molecule has 0 saturated carbocycles. The van der Waals surface area contributed by atoms with Crippen molar-refractivity contribution in [1.29, 1.82) is 0 Å². The standard InChI is InChI=1S/2C3H6O3.Al/c2*1-2(4)3(5)6;/h2*2,4H,1H3,(H,5,6);/q;;+3/p-2. The van der Waals surface area contributed by atoms with Crippen LogP contribution in [0.15, 0.2) is 0 Å². The number of rotatable bonds is 2. The minimum Gasteiger partial charge on any atom is -0.547 e. The van der Waals surface area contributed by atoms with Crippen molar-refractivity contribution < 1.29 is 30.0 Å². The number of hydrogen-bond donors (Lipinski definition) is 2. The first-order chi connectivity index (χ1) is 5.29. The third-order valence-corrected chi connectivity index (χ3v) is 0.682. The van der Waals surface area contributed by atoms with E-state index in [-0.39, 0.29) is 17.4 Å². The van der Waals surface area contributed by atoms with Crippen LogP contribution in [0.4, 0.5) is 0 Å². The van der Waals surface area contributed by atoms with Crippen molar-refractivity contribution in [3.05, 3.63) is 0 Å². The van der Waals surface area contributed by atoms with Crippen molar-refractivity contribution >= 4 is 29.3 Å². The first kappa shape index (κ1) is 18.2. The van der Waals surface area contributed by atoms with E-state index in [2.05, 4.69) is 0 Å². The van der Waals surface area contributed by atoms with Crippen LogP contribution in [0.5, 0.6) is 0 Å². The number of aliphatic hydroxyl groups excluding tert-OH is 2. The van der Waals surface area contributed by atoms with Crippen LogP contribution in [0.25, 0.3) is 0 Å². The van der Waals surface area contributed by atoms with Crippen LogP contribution in [0.2, 0.25) is 0 Å². The molecule has 0 spiro atoms. The van der Waals surface area contributed by atoms with Crippen LogP contribution in [-0.4, -0.2) is 51.7 Å². The van der Waals surface area contributed by atoms with Crippen LogP contribution < -0.4 is 10.2 Å². The monoisotopic (exact) mass is 205 g/mol. The first-order valence-corrected chi connectivity index (χ1v) is 3.06. The number of carboxylic acids is 2. The summed E-state index contributed by atoms with van der Waals surface area (Å²) < 4.78 is 0. The van der Waals surface area contributed by atoms with Crippen LogP contribution in [-0.2, 0) is 9.59 Å². The molecule has 72 valence electrons. The maximum absolute atomic E-state index is 9.34. The van der Waals surface area contributed by atoms with Crippen molar-refractivity contribution in [3.8, 4) is 0 Å². The van der Waals surface area contributed by atoms with Gasteiger partial charge in [0.15, 0.2) is 0 Å². The van der Waals surface area contributed by atoms with E-state index in [1.807, 2.05) is 0 Å². The van der Waals surface area contributed by atoms with Gasteiger partial charge in [-0.25, -0.2) is 0 Å². The van der Waals surface area contributed by atoms with Crippen LogP contribution in [0.3, 0.4) is 0 Å². The molecule has 7 heteroatoms. The second kappa shape index (κ2) is 9.48. The van der Waals surface area contributed by atoms with E-state index in [0.29, 0.717) is 0 Å². The predicted octanol–water partition coefficient (Wildman–Crippen LogP) is -4.15. The quantitative estimate of drug-likeness (QED) is 0.441. The molecule has 0 radical (unpaired) electrons. The van der Waals surface area contributed by atoms with Gasteiger partial charge in [-0.15, -0.1) is 0 Å². The fraction of sp³-hybridized carbons (Fsp3) is 0.667. The summed E-state index contributed by atoms with van der Waals surface area (Å²) in [7, 11) is 0. The Morgan fingerprint density at radius 1 is 1.00 bits per heavy atom. The van der Waals surface area contributed by atoms with Crippen LogP contribution in [0.1, 0.15) is 13.8 Å². The number of hydrogen-bond acceptors (Lipinski definition) is 6. The summed E-state index contributed by atoms with van der Waals surface area (Å²) in [6, 6.07) is 0. The molecule has 13 heavy (non-hydrogen) atoms. The van der Waals surface area contributed by atoms with Gasteiger partial charge in [-0.3, -0.25) is 0 Å². The smallest absolute Gasteiger partial charge is 0.547 e. The molecule has 0 aliphatic rings. The third kappa shape index (κ3) is 18.4. The number of carbonyl (C=O) groups excluding carboxylic acids is 2. The fourth-order valence-electron chi connectivity index (χ4n) is 0. The van der Waals surface area contributed by atoms with Gasteiger partial charge in [-0.2, -0.15) is 0 Å². The molecule has 0 aromatic rings. The molecular weight excluding hydrogens is 195 g/mol. The molecule has 0 amide bonds. The average molecular weight is 205 g/mol. The molecule has 0 aliphatic carbocycles. The maximum Gasteiger partial charge on any atom is 3.00 e. The molecule has 0 aromatic carbocycles. The molecule has 0 saturated heterocycles. The molecule has 2 N–H and O–H groups in total. The molecule has 6 nitrogen and oxygen atoms in total. The Labute approximate surface area is 85.9 Å². The van der Waals surface area contributed by atoms with Crippen molar-refractivity contribution in [1.82, 2.24) is 0 Å². The zero-order valence-electron chi connectivity index (χ0n) is 7.26. The average Bonchev–Trinajstić information content (AvgIpc) is 1.88. The SMILES string of the molecule is CC(O)C(=O)[O-].CC(O)C(=O)[O-].[Al+3]. The van der Waals surface area contributed by atoms with Crippen molar-refractivity contribution in [3.63, 3.8) is 0 Å². The second-order valence-electron chi connectivity index (χ2n) is 1.99. The zero-order valence-corrected chi connectivity index (χ0v) is 8.41. The normalized spacial score (nSPS) is 12.6. The van der Waals surface area contributed by atoms with Crippen molar-refractivity contribution in [2.24, 2.45) is 0 Å². The number of aliphatic carboxylic acids is 2. The van der Waals surface area contributed by atoms with E-state index >= 15 is 0 Å². The van der Waals surface area contributed by atoms with Gasteiger partial charge in [-0.1, -0.05) is 0 Å². The van der Waals surface area contributed by atoms with Crippen LogP contribution in [0, 0.1) is 0 Å². The Kier molecular flexibility index (Phi) is 13.3. The third-order valence-electron chi connectivity index (χ3n) is 0.682. The summed E-state index contributed by atoms with van der Waals surface area (Å²) in [6.07, 6.45) is -2.69. The van der Waals surface area contributed by atoms with Gasteiger partial charge < -0.3 is 30.0 Å². The molecule has 0 aromatic heterocycles. The molecule has 0 rings (SSSR count). The zero-order chi connectivity index (χ0) is 10.3. The number of carboxylic acid groups (broad SMARTS) is 2. The summed E-state index contributed by atoms with van der Waals surface area (Å²) >= 11 is 0. The minimum atomic E-state index is -1.44. The second-order valence-corrected chi connectivity index (χ2v) is 1.99. The molecule has 2 atom stereocenters. The van der Waals surface area contributed by atoms with E-state index in [4.69, 9.17) is 10.2 Å². The molecule has 0 bridgehead atoms. The first-order valence-electron chi connectivity index (χ1n) is 3.06. The summed E-state index contributed by atoms with van der Waals surface area (Å²) in [6.45, 7) is 2.27. The van der Waals surface area contributed by atoms with Gasteiger partial charge >= 0.3 is 17.4 Å². The van der Waals surface area contributed by atoms with Crippen molar-refractivity contribution in [2.45, 2.75) is 26.1 Å². The Balaban J connectivity index is -0.000000143. The Bertz CT molecular complexity index is 137. The summed E-state index contributed by atoms with van der Waals surface area (Å²) in [5.41, 5.74) is 0. The van der Waals surface area contributed by atoms with E-state index < -0.39 is 24.1 Å². The van der Waals surface area contributed by atoms with Gasteiger partial charge in [0.05, 0.1) is 24.1 Å². The van der Waals surface area contributed by atoms with Crippen molar-refractivity contribution in [2.75, 3.05) is 0 Å². The molecular formula is C6H10AlO6+. The van der Waals surface area contributed by atoms with Gasteiger partial charge in [-0.05, 0) is 13.8 Å². The maximum atomic E-state index is 9.34. The molecule has 0 aliphatic heterocycles. The van der Waals surface area contributed by atoms with Gasteiger partial charge in [0.25, 0.3) is 0 Å². The molecule has 2 unspecified atom stereocenters. The summed E-state index contributed by atoms with van der Waals surface area (Å²) in [4.78, 5) is 18.7. The number of aliphatic hydroxyl groups is 2. The Morgan fingerprint density at radius 3 is 1.08 bits per heavy atom. The molecule has 0 heterocycles. The minimum absolute atomic E-state index is 0. The Morgan fingerprint density at radius 2 is 1.08 bits per heavy atom. The Hall–Kier alpha value is -0.608. The van der Waals surface area contributed by atoms with E-state index in [1.165, 1.54) is 0 Å². The van der Waals surface area contributed by atoms with Crippen LogP contribution >= 0.6 is 0 Å². The van der Waals surface area contributed by atoms with E-state index in [1.54, 1.807) is 0 Å². The topological polar surface area (TPSA) is 121 Å². The van der Waals surface area contributed by atoms with Gasteiger partial charge in [0.1, 0.15) is 0 Å². The van der Waals surface area contributed by atoms with E-state index in [9.17, 15) is 19.8 Å². The fourth-order valence-corrected chi connectivity index (χ4v) is 0. The van der Waals surface area contributed by atoms with E-state index in [0.717, 1.165) is 13.8 Å². The molecule has 0 fully saturated rings. The predicted molar refractivity (Wildman–Crippen MR) is 39.1 cm³/mol.